The van der Waals surface area contributed by atoms with Crippen molar-refractivity contribution in [1.29, 1.82) is 0 Å². The molecule has 0 aromatic rings. The van der Waals surface area contributed by atoms with Gasteiger partial charge in [0.15, 0.2) is 0 Å². The summed E-state index contributed by atoms with van der Waals surface area (Å²) in [6, 6.07) is 0.627. The summed E-state index contributed by atoms with van der Waals surface area (Å²) in [4.78, 5) is 0. The Morgan fingerprint density at radius 3 is 1.40 bits per heavy atom. The minimum atomic E-state index is 0.314. The Morgan fingerprint density at radius 2 is 1.20 bits per heavy atom. The number of nitrogens with two attached hydrogens (primary N) is 2. The summed E-state index contributed by atoms with van der Waals surface area (Å²) < 4.78 is 0. The number of rotatable bonds is 4. The van der Waals surface area contributed by atoms with Crippen molar-refractivity contribution in [1.82, 2.24) is 0 Å². The van der Waals surface area contributed by atoms with Crippen molar-refractivity contribution >= 4 is 0 Å². The van der Waals surface area contributed by atoms with E-state index in [1.807, 2.05) is 13.8 Å². The van der Waals surface area contributed by atoms with Gasteiger partial charge in [-0.05, 0) is 32.6 Å². The van der Waals surface area contributed by atoms with Gasteiger partial charge in [-0.15, -0.1) is 0 Å². The lowest BCUT2D eigenvalue weighted by atomic mass is 9.97. The quantitative estimate of drug-likeness (QED) is 0.620. The average Bonchev–Trinajstić information content (AvgIpc) is 1.58. The molecular formula is C8H20N2. The third-order valence-electron chi connectivity index (χ3n) is 1.55. The van der Waals surface area contributed by atoms with E-state index in [0.717, 1.165) is 12.8 Å². The maximum atomic E-state index is 5.63. The van der Waals surface area contributed by atoms with Crippen molar-refractivity contribution in [2.75, 3.05) is 0 Å². The van der Waals surface area contributed by atoms with E-state index < -0.39 is 0 Å². The summed E-state index contributed by atoms with van der Waals surface area (Å²) in [5.41, 5.74) is 11.3. The molecule has 0 aliphatic heterocycles. The minimum Gasteiger partial charge on any atom is -0.328 e. The predicted molar refractivity (Wildman–Crippen MR) is 45.7 cm³/mol. The van der Waals surface area contributed by atoms with Gasteiger partial charge in [0.1, 0.15) is 0 Å². The zero-order valence-corrected chi connectivity index (χ0v) is 7.30. The lowest BCUT2D eigenvalue weighted by Gasteiger charge is -2.15. The lowest BCUT2D eigenvalue weighted by molar-refractivity contribution is 0.422. The summed E-state index contributed by atoms with van der Waals surface area (Å²) in [6.45, 7) is 6.28. The molecule has 0 saturated heterocycles. The summed E-state index contributed by atoms with van der Waals surface area (Å²) in [6.07, 6.45) is 2.17. The second-order valence-electron chi connectivity index (χ2n) is 3.53. The van der Waals surface area contributed by atoms with E-state index in [4.69, 9.17) is 11.5 Å². The first-order chi connectivity index (χ1) is 4.52. The Bertz CT molecular complexity index is 69.3. The van der Waals surface area contributed by atoms with Crippen molar-refractivity contribution < 1.29 is 0 Å². The second kappa shape index (κ2) is 4.69. The van der Waals surface area contributed by atoms with Crippen LogP contribution in [0.4, 0.5) is 0 Å². The van der Waals surface area contributed by atoms with E-state index in [0.29, 0.717) is 18.0 Å². The van der Waals surface area contributed by atoms with Crippen molar-refractivity contribution in [3.05, 3.63) is 0 Å². The highest BCUT2D eigenvalue weighted by atomic mass is 14.6. The molecule has 2 atom stereocenters. The van der Waals surface area contributed by atoms with Gasteiger partial charge in [-0.3, -0.25) is 0 Å². The molecule has 0 heterocycles. The molecule has 0 aliphatic carbocycles. The highest BCUT2D eigenvalue weighted by molar-refractivity contribution is 4.64. The van der Waals surface area contributed by atoms with Crippen molar-refractivity contribution in [2.45, 2.75) is 45.7 Å². The molecule has 10 heavy (non-hydrogen) atoms. The molecule has 0 aromatic carbocycles. The van der Waals surface area contributed by atoms with E-state index in [2.05, 4.69) is 6.92 Å². The maximum absolute atomic E-state index is 5.63. The topological polar surface area (TPSA) is 52.0 Å². The van der Waals surface area contributed by atoms with Crippen LogP contribution in [0.1, 0.15) is 33.6 Å². The summed E-state index contributed by atoms with van der Waals surface area (Å²) >= 11 is 0. The Kier molecular flexibility index (Phi) is 4.65. The molecule has 0 radical (unpaired) electrons. The van der Waals surface area contributed by atoms with Gasteiger partial charge in [-0.25, -0.2) is 0 Å². The number of hydrogen-bond acceptors (Lipinski definition) is 2. The van der Waals surface area contributed by atoms with Crippen molar-refractivity contribution in [3.63, 3.8) is 0 Å². The van der Waals surface area contributed by atoms with Crippen LogP contribution >= 0.6 is 0 Å². The molecule has 2 heteroatoms. The van der Waals surface area contributed by atoms with Gasteiger partial charge in [-0.1, -0.05) is 6.92 Å². The fourth-order valence-electron chi connectivity index (χ4n) is 1.37. The maximum Gasteiger partial charge on any atom is 0.00130 e. The number of hydrogen-bond donors (Lipinski definition) is 2. The standard InChI is InChI=1S/C8H20N2/c1-6(4-7(2)9)5-8(3)10/h6-8H,4-5,9-10H2,1-3H3. The first-order valence-corrected chi connectivity index (χ1v) is 4.03. The van der Waals surface area contributed by atoms with Gasteiger partial charge in [0.25, 0.3) is 0 Å². The molecule has 0 spiro atoms. The summed E-state index contributed by atoms with van der Waals surface area (Å²) in [5.74, 6) is 0.667. The summed E-state index contributed by atoms with van der Waals surface area (Å²) in [7, 11) is 0. The monoisotopic (exact) mass is 144 g/mol. The SMILES string of the molecule is CC(N)CC(C)CC(C)N. The van der Waals surface area contributed by atoms with Gasteiger partial charge < -0.3 is 11.5 Å². The molecule has 0 aliphatic rings. The molecule has 0 aromatic heterocycles. The van der Waals surface area contributed by atoms with Crippen LogP contribution in [0.25, 0.3) is 0 Å². The van der Waals surface area contributed by atoms with Crippen LogP contribution in [0, 0.1) is 5.92 Å². The zero-order valence-electron chi connectivity index (χ0n) is 7.30. The van der Waals surface area contributed by atoms with E-state index in [-0.39, 0.29) is 0 Å². The fourth-order valence-corrected chi connectivity index (χ4v) is 1.37. The van der Waals surface area contributed by atoms with Crippen LogP contribution in [0.2, 0.25) is 0 Å². The molecule has 4 N–H and O–H groups in total. The fraction of sp³-hybridized carbons (Fsp3) is 1.00. The van der Waals surface area contributed by atoms with E-state index in [1.54, 1.807) is 0 Å². The smallest absolute Gasteiger partial charge is 0.00130 e. The van der Waals surface area contributed by atoms with Gasteiger partial charge in [-0.2, -0.15) is 0 Å². The van der Waals surface area contributed by atoms with Crippen LogP contribution < -0.4 is 11.5 Å². The molecule has 0 fully saturated rings. The van der Waals surface area contributed by atoms with Gasteiger partial charge in [0.2, 0.25) is 0 Å². The molecule has 0 amide bonds. The third kappa shape index (κ3) is 6.05. The minimum absolute atomic E-state index is 0.314. The first kappa shape index (κ1) is 9.92. The Balaban J connectivity index is 3.34. The van der Waals surface area contributed by atoms with Gasteiger partial charge in [0.05, 0.1) is 0 Å². The molecule has 2 unspecified atom stereocenters. The zero-order chi connectivity index (χ0) is 8.15. The predicted octanol–water partition coefficient (Wildman–Crippen LogP) is 1.10. The molecule has 62 valence electrons. The third-order valence-corrected chi connectivity index (χ3v) is 1.55. The highest BCUT2D eigenvalue weighted by Crippen LogP contribution is 2.10. The second-order valence-corrected chi connectivity index (χ2v) is 3.53. The van der Waals surface area contributed by atoms with E-state index in [1.165, 1.54) is 0 Å². The molecule has 0 bridgehead atoms. The Labute approximate surface area is 64.0 Å². The van der Waals surface area contributed by atoms with E-state index >= 15 is 0 Å². The average molecular weight is 144 g/mol. The Hall–Kier alpha value is -0.0800. The van der Waals surface area contributed by atoms with Gasteiger partial charge in [0, 0.05) is 12.1 Å². The lowest BCUT2D eigenvalue weighted by Crippen LogP contribution is -2.23. The molecule has 0 saturated carbocycles. The van der Waals surface area contributed by atoms with Crippen molar-refractivity contribution in [3.8, 4) is 0 Å². The van der Waals surface area contributed by atoms with Crippen LogP contribution in [0.3, 0.4) is 0 Å². The largest absolute Gasteiger partial charge is 0.328 e. The van der Waals surface area contributed by atoms with Crippen LogP contribution in [-0.4, -0.2) is 12.1 Å². The van der Waals surface area contributed by atoms with Gasteiger partial charge >= 0.3 is 0 Å². The highest BCUT2D eigenvalue weighted by Gasteiger charge is 2.06. The molecule has 2 nitrogen and oxygen atoms in total. The van der Waals surface area contributed by atoms with Crippen LogP contribution in [0.5, 0.6) is 0 Å². The van der Waals surface area contributed by atoms with Crippen molar-refractivity contribution in [2.24, 2.45) is 17.4 Å². The normalized spacial score (nSPS) is 20.1. The van der Waals surface area contributed by atoms with Crippen LogP contribution in [0.15, 0.2) is 0 Å². The van der Waals surface area contributed by atoms with E-state index in [9.17, 15) is 0 Å². The molecule has 0 rings (SSSR count). The summed E-state index contributed by atoms with van der Waals surface area (Å²) in [5, 5.41) is 0. The molecular weight excluding hydrogens is 124 g/mol. The van der Waals surface area contributed by atoms with Crippen LogP contribution in [-0.2, 0) is 0 Å². The first-order valence-electron chi connectivity index (χ1n) is 4.03. The Morgan fingerprint density at radius 1 is 0.900 bits per heavy atom.